The first-order valence-electron chi connectivity index (χ1n) is 5.55. The van der Waals surface area contributed by atoms with Crippen molar-refractivity contribution >= 4 is 34.1 Å². The Labute approximate surface area is 115 Å². The molecule has 0 saturated carbocycles. The van der Waals surface area contributed by atoms with Crippen molar-refractivity contribution in [2.45, 2.75) is 0 Å². The quantitative estimate of drug-likeness (QED) is 0.593. The minimum absolute atomic E-state index is 0.545. The van der Waals surface area contributed by atoms with E-state index in [1.807, 2.05) is 42.5 Å². The molecule has 0 atom stereocenters. The lowest BCUT2D eigenvalue weighted by Gasteiger charge is -2.04. The third-order valence-electron chi connectivity index (χ3n) is 2.81. The molecule has 3 aromatic rings. The van der Waals surface area contributed by atoms with Crippen molar-refractivity contribution in [3.8, 4) is 11.3 Å². The predicted octanol–water partition coefficient (Wildman–Crippen LogP) is 5.21. The molecule has 0 spiro atoms. The number of hydrogen-bond acceptors (Lipinski definition) is 1. The van der Waals surface area contributed by atoms with E-state index in [2.05, 4.69) is 11.1 Å². The van der Waals surface area contributed by atoms with Crippen LogP contribution in [0.2, 0.25) is 10.0 Å². The zero-order chi connectivity index (χ0) is 12.5. The second-order valence-corrected chi connectivity index (χ2v) is 4.83. The van der Waals surface area contributed by atoms with E-state index in [9.17, 15) is 0 Å². The maximum absolute atomic E-state index is 6.02. The monoisotopic (exact) mass is 273 g/mol. The topological polar surface area (TPSA) is 12.9 Å². The predicted molar refractivity (Wildman–Crippen MR) is 77.2 cm³/mol. The van der Waals surface area contributed by atoms with Crippen LogP contribution in [0.3, 0.4) is 0 Å². The maximum Gasteiger partial charge on any atom is 0.0710 e. The van der Waals surface area contributed by atoms with Gasteiger partial charge >= 0.3 is 0 Å². The van der Waals surface area contributed by atoms with E-state index in [0.717, 1.165) is 22.2 Å². The van der Waals surface area contributed by atoms with E-state index in [4.69, 9.17) is 23.2 Å². The highest BCUT2D eigenvalue weighted by Gasteiger charge is 2.04. The summed E-state index contributed by atoms with van der Waals surface area (Å²) < 4.78 is 0. The van der Waals surface area contributed by atoms with Crippen LogP contribution in [-0.4, -0.2) is 4.98 Å². The summed E-state index contributed by atoms with van der Waals surface area (Å²) in [6, 6.07) is 17.6. The van der Waals surface area contributed by atoms with Crippen LogP contribution in [0.5, 0.6) is 0 Å². The summed E-state index contributed by atoms with van der Waals surface area (Å²) in [5, 5.41) is 2.23. The molecular weight excluding hydrogens is 265 g/mol. The molecule has 0 aliphatic heterocycles. The van der Waals surface area contributed by atoms with Gasteiger partial charge in [-0.15, -0.1) is 0 Å². The number of para-hydroxylation sites is 1. The standard InChI is InChI=1S/C15H9Cl2N/c16-12-7-5-11(9-13(12)17)15-8-6-10-3-1-2-4-14(10)18-15/h1-9H. The Morgan fingerprint density at radius 1 is 0.778 bits per heavy atom. The molecule has 0 fully saturated rings. The molecule has 0 bridgehead atoms. The average molecular weight is 274 g/mol. The molecular formula is C15H9Cl2N. The van der Waals surface area contributed by atoms with Crippen LogP contribution in [0, 0.1) is 0 Å². The summed E-state index contributed by atoms with van der Waals surface area (Å²) in [6.07, 6.45) is 0. The van der Waals surface area contributed by atoms with Crippen molar-refractivity contribution in [3.63, 3.8) is 0 Å². The van der Waals surface area contributed by atoms with Gasteiger partial charge in [-0.05, 0) is 24.3 Å². The van der Waals surface area contributed by atoms with Crippen LogP contribution in [0.1, 0.15) is 0 Å². The van der Waals surface area contributed by atoms with Gasteiger partial charge in [0.25, 0.3) is 0 Å². The van der Waals surface area contributed by atoms with Crippen molar-refractivity contribution in [3.05, 3.63) is 64.6 Å². The lowest BCUT2D eigenvalue weighted by Crippen LogP contribution is -1.85. The molecule has 0 radical (unpaired) electrons. The summed E-state index contributed by atoms with van der Waals surface area (Å²) in [5.41, 5.74) is 2.84. The lowest BCUT2D eigenvalue weighted by molar-refractivity contribution is 1.40. The van der Waals surface area contributed by atoms with Crippen molar-refractivity contribution < 1.29 is 0 Å². The number of rotatable bonds is 1. The van der Waals surface area contributed by atoms with Crippen LogP contribution >= 0.6 is 23.2 Å². The van der Waals surface area contributed by atoms with Crippen LogP contribution in [-0.2, 0) is 0 Å². The molecule has 88 valence electrons. The number of benzene rings is 2. The molecule has 0 amide bonds. The molecule has 0 unspecified atom stereocenters. The summed E-state index contributed by atoms with van der Waals surface area (Å²) >= 11 is 11.9. The minimum atomic E-state index is 0.545. The van der Waals surface area contributed by atoms with Crippen LogP contribution in [0.25, 0.3) is 22.2 Å². The van der Waals surface area contributed by atoms with Crippen LogP contribution in [0.15, 0.2) is 54.6 Å². The van der Waals surface area contributed by atoms with Gasteiger partial charge in [-0.2, -0.15) is 0 Å². The number of halogens is 2. The molecule has 1 heterocycles. The fourth-order valence-electron chi connectivity index (χ4n) is 1.88. The Bertz CT molecular complexity index is 723. The van der Waals surface area contributed by atoms with Crippen molar-refractivity contribution in [1.82, 2.24) is 4.98 Å². The molecule has 3 rings (SSSR count). The van der Waals surface area contributed by atoms with Gasteiger partial charge in [-0.3, -0.25) is 0 Å². The lowest BCUT2D eigenvalue weighted by atomic mass is 10.1. The van der Waals surface area contributed by atoms with Gasteiger partial charge in [0, 0.05) is 10.9 Å². The Kier molecular flexibility index (Phi) is 2.94. The fraction of sp³-hybridized carbons (Fsp3) is 0. The van der Waals surface area contributed by atoms with Gasteiger partial charge in [0.2, 0.25) is 0 Å². The van der Waals surface area contributed by atoms with E-state index in [1.54, 1.807) is 6.07 Å². The van der Waals surface area contributed by atoms with Gasteiger partial charge in [-0.1, -0.05) is 53.5 Å². The van der Waals surface area contributed by atoms with Crippen LogP contribution in [0.4, 0.5) is 0 Å². The van der Waals surface area contributed by atoms with Crippen molar-refractivity contribution in [2.75, 3.05) is 0 Å². The highest BCUT2D eigenvalue weighted by Crippen LogP contribution is 2.28. The number of aromatic nitrogens is 1. The highest BCUT2D eigenvalue weighted by molar-refractivity contribution is 6.42. The second kappa shape index (κ2) is 4.60. The largest absolute Gasteiger partial charge is 0.248 e. The molecule has 0 aliphatic carbocycles. The first-order valence-corrected chi connectivity index (χ1v) is 6.31. The molecule has 3 heteroatoms. The molecule has 1 aromatic heterocycles. The van der Waals surface area contributed by atoms with Crippen molar-refractivity contribution in [1.29, 1.82) is 0 Å². The molecule has 1 nitrogen and oxygen atoms in total. The van der Waals surface area contributed by atoms with Gasteiger partial charge < -0.3 is 0 Å². The number of fused-ring (bicyclic) bond motifs is 1. The average Bonchev–Trinajstić information content (AvgIpc) is 2.41. The third kappa shape index (κ3) is 2.07. The van der Waals surface area contributed by atoms with E-state index in [1.165, 1.54) is 0 Å². The highest BCUT2D eigenvalue weighted by atomic mass is 35.5. The number of hydrogen-bond donors (Lipinski definition) is 0. The maximum atomic E-state index is 6.02. The molecule has 18 heavy (non-hydrogen) atoms. The summed E-state index contributed by atoms with van der Waals surface area (Å²) in [6.45, 7) is 0. The Hall–Kier alpha value is -1.57. The molecule has 2 aromatic carbocycles. The Balaban J connectivity index is 2.16. The van der Waals surface area contributed by atoms with E-state index in [-0.39, 0.29) is 0 Å². The van der Waals surface area contributed by atoms with Gasteiger partial charge in [0.1, 0.15) is 0 Å². The molecule has 0 N–H and O–H groups in total. The second-order valence-electron chi connectivity index (χ2n) is 4.02. The normalized spacial score (nSPS) is 10.8. The van der Waals surface area contributed by atoms with E-state index in [0.29, 0.717) is 10.0 Å². The smallest absolute Gasteiger partial charge is 0.0710 e. The van der Waals surface area contributed by atoms with Gasteiger partial charge in [-0.25, -0.2) is 4.98 Å². The van der Waals surface area contributed by atoms with E-state index >= 15 is 0 Å². The minimum Gasteiger partial charge on any atom is -0.248 e. The van der Waals surface area contributed by atoms with Crippen LogP contribution < -0.4 is 0 Å². The fourth-order valence-corrected chi connectivity index (χ4v) is 2.18. The molecule has 0 saturated heterocycles. The van der Waals surface area contributed by atoms with Gasteiger partial charge in [0.15, 0.2) is 0 Å². The SMILES string of the molecule is Clc1ccc(-c2ccc3ccccc3n2)cc1Cl. The number of pyridine rings is 1. The zero-order valence-electron chi connectivity index (χ0n) is 9.40. The van der Waals surface area contributed by atoms with E-state index < -0.39 is 0 Å². The summed E-state index contributed by atoms with van der Waals surface area (Å²) in [7, 11) is 0. The van der Waals surface area contributed by atoms with Gasteiger partial charge in [0.05, 0.1) is 21.3 Å². The first-order chi connectivity index (χ1) is 8.74. The summed E-state index contributed by atoms with van der Waals surface area (Å²) in [4.78, 5) is 4.61. The zero-order valence-corrected chi connectivity index (χ0v) is 10.9. The summed E-state index contributed by atoms with van der Waals surface area (Å²) in [5.74, 6) is 0. The van der Waals surface area contributed by atoms with Crippen molar-refractivity contribution in [2.24, 2.45) is 0 Å². The number of nitrogens with zero attached hydrogens (tertiary/aromatic N) is 1. The molecule has 0 aliphatic rings. The third-order valence-corrected chi connectivity index (χ3v) is 3.55. The Morgan fingerprint density at radius 2 is 1.61 bits per heavy atom. The first kappa shape index (κ1) is 11.5. The Morgan fingerprint density at radius 3 is 2.44 bits per heavy atom.